The zero-order valence-corrected chi connectivity index (χ0v) is 19.8. The number of methoxy groups -OCH3 is 1. The molecule has 0 aliphatic heterocycles. The minimum atomic E-state index is -4.39. The number of halogens is 3. The number of hydrogen-bond acceptors (Lipinski definition) is 5. The Hall–Kier alpha value is -3.96. The van der Waals surface area contributed by atoms with Crippen molar-refractivity contribution in [3.05, 3.63) is 90.3 Å². The van der Waals surface area contributed by atoms with Crippen molar-refractivity contribution in [1.29, 1.82) is 0 Å². The van der Waals surface area contributed by atoms with Crippen LogP contribution in [0.15, 0.2) is 79.1 Å². The highest BCUT2D eigenvalue weighted by atomic mass is 32.1. The van der Waals surface area contributed by atoms with Crippen LogP contribution < -0.4 is 15.4 Å². The van der Waals surface area contributed by atoms with Crippen LogP contribution in [0.4, 0.5) is 18.9 Å². The molecule has 0 saturated heterocycles. The number of alkyl halides is 3. The van der Waals surface area contributed by atoms with Gasteiger partial charge in [0.15, 0.2) is 10.9 Å². The second kappa shape index (κ2) is 10.8. The summed E-state index contributed by atoms with van der Waals surface area (Å²) in [4.78, 5) is 4.26. The Morgan fingerprint density at radius 3 is 2.28 bits per heavy atom. The van der Waals surface area contributed by atoms with Crippen molar-refractivity contribution in [2.45, 2.75) is 12.2 Å². The van der Waals surface area contributed by atoms with Crippen LogP contribution in [-0.2, 0) is 6.18 Å². The molecular formula is C25H22F3N5O2S. The molecule has 1 unspecified atom stereocenters. The number of aliphatic hydroxyl groups is 1. The summed E-state index contributed by atoms with van der Waals surface area (Å²) in [6.45, 7) is -0.152. The molecule has 1 atom stereocenters. The minimum Gasteiger partial charge on any atom is -0.497 e. The summed E-state index contributed by atoms with van der Waals surface area (Å²) in [5.74, 6) is 1.14. The molecule has 4 rings (SSSR count). The molecule has 0 amide bonds. The predicted molar refractivity (Wildman–Crippen MR) is 134 cm³/mol. The number of benzene rings is 3. The molecule has 36 heavy (non-hydrogen) atoms. The molecule has 7 nitrogen and oxygen atoms in total. The largest absolute Gasteiger partial charge is 0.497 e. The van der Waals surface area contributed by atoms with Crippen molar-refractivity contribution in [3.8, 4) is 22.8 Å². The van der Waals surface area contributed by atoms with Gasteiger partial charge < -0.3 is 20.5 Å². The van der Waals surface area contributed by atoms with E-state index in [1.165, 1.54) is 23.1 Å². The number of aromatic nitrogens is 3. The lowest BCUT2D eigenvalue weighted by Gasteiger charge is -2.19. The summed E-state index contributed by atoms with van der Waals surface area (Å²) in [6, 6.07) is 18.8. The van der Waals surface area contributed by atoms with E-state index in [1.807, 2.05) is 24.3 Å². The number of hydrogen-bond donors (Lipinski definition) is 3. The zero-order valence-electron chi connectivity index (χ0n) is 19.0. The van der Waals surface area contributed by atoms with E-state index in [2.05, 4.69) is 20.7 Å². The van der Waals surface area contributed by atoms with E-state index in [0.29, 0.717) is 22.3 Å². The van der Waals surface area contributed by atoms with Gasteiger partial charge in [-0.15, -0.1) is 5.10 Å². The summed E-state index contributed by atoms with van der Waals surface area (Å²) in [5, 5.41) is 20.6. The molecule has 0 fully saturated rings. The summed E-state index contributed by atoms with van der Waals surface area (Å²) in [5.41, 5.74) is 2.03. The van der Waals surface area contributed by atoms with Crippen LogP contribution in [0.2, 0.25) is 0 Å². The Morgan fingerprint density at radius 1 is 1.03 bits per heavy atom. The highest BCUT2D eigenvalue weighted by molar-refractivity contribution is 7.80. The predicted octanol–water partition coefficient (Wildman–Crippen LogP) is 4.98. The van der Waals surface area contributed by atoms with Crippen LogP contribution in [-0.4, -0.2) is 38.7 Å². The molecule has 11 heteroatoms. The molecule has 0 spiro atoms. The second-order valence-electron chi connectivity index (χ2n) is 7.74. The molecular weight excluding hydrogens is 491 g/mol. The van der Waals surface area contributed by atoms with E-state index in [0.717, 1.165) is 29.0 Å². The van der Waals surface area contributed by atoms with E-state index in [-0.39, 0.29) is 6.61 Å². The van der Waals surface area contributed by atoms with Gasteiger partial charge in [-0.25, -0.2) is 9.67 Å². The lowest BCUT2D eigenvalue weighted by molar-refractivity contribution is -0.137. The van der Waals surface area contributed by atoms with Gasteiger partial charge in [-0.2, -0.15) is 13.2 Å². The number of aliphatic hydroxyl groups excluding tert-OH is 1. The van der Waals surface area contributed by atoms with Crippen molar-refractivity contribution >= 4 is 23.0 Å². The summed E-state index contributed by atoms with van der Waals surface area (Å²) < 4.78 is 44.9. The van der Waals surface area contributed by atoms with Gasteiger partial charge in [-0.3, -0.25) is 0 Å². The summed E-state index contributed by atoms with van der Waals surface area (Å²) in [7, 11) is 1.59. The fourth-order valence-corrected chi connectivity index (χ4v) is 3.68. The van der Waals surface area contributed by atoms with Crippen molar-refractivity contribution in [3.63, 3.8) is 0 Å². The number of rotatable bonds is 7. The van der Waals surface area contributed by atoms with Crippen LogP contribution >= 0.6 is 12.2 Å². The monoisotopic (exact) mass is 513 g/mol. The molecule has 1 heterocycles. The van der Waals surface area contributed by atoms with Crippen molar-refractivity contribution < 1.29 is 23.0 Å². The summed E-state index contributed by atoms with van der Waals surface area (Å²) in [6.07, 6.45) is -2.95. The van der Waals surface area contributed by atoms with Gasteiger partial charge >= 0.3 is 6.18 Å². The molecule has 186 valence electrons. The Labute approximate surface area is 210 Å². The van der Waals surface area contributed by atoms with E-state index < -0.39 is 17.8 Å². The average molecular weight is 514 g/mol. The molecule has 0 aliphatic carbocycles. The first-order chi connectivity index (χ1) is 17.3. The van der Waals surface area contributed by atoms with Gasteiger partial charge in [0.2, 0.25) is 0 Å². The fourth-order valence-electron chi connectivity index (χ4n) is 3.42. The van der Waals surface area contributed by atoms with Gasteiger partial charge in [0, 0.05) is 11.3 Å². The van der Waals surface area contributed by atoms with Crippen molar-refractivity contribution in [1.82, 2.24) is 20.1 Å². The third-order valence-electron chi connectivity index (χ3n) is 5.36. The SMILES string of the molecule is COc1ccc(C(CO)NC(=S)Nc2ccc(-c3ncn(-c4ccc(C(F)(F)F)cc4)n3)cc2)cc1. The Bertz CT molecular complexity index is 1310. The van der Waals surface area contributed by atoms with E-state index in [4.69, 9.17) is 17.0 Å². The molecule has 0 bridgehead atoms. The first kappa shape index (κ1) is 25.1. The maximum atomic E-state index is 12.8. The third-order valence-corrected chi connectivity index (χ3v) is 5.58. The van der Waals surface area contributed by atoms with Crippen LogP contribution in [0.3, 0.4) is 0 Å². The number of anilines is 1. The lowest BCUT2D eigenvalue weighted by Crippen LogP contribution is -2.34. The molecule has 3 N–H and O–H groups in total. The standard InChI is InChI=1S/C25H22F3N5O2S/c1-35-21-12-4-16(5-13-21)22(14-34)31-24(36)30-19-8-2-17(3-9-19)23-29-15-33(32-23)20-10-6-18(7-11-20)25(26,27)28/h2-13,15,22,34H,14H2,1H3,(H2,30,31,36). The van der Waals surface area contributed by atoms with Gasteiger partial charge in [-0.05, 0) is 78.4 Å². The first-order valence-corrected chi connectivity index (χ1v) is 11.2. The average Bonchev–Trinajstić information content (AvgIpc) is 3.38. The first-order valence-electron chi connectivity index (χ1n) is 10.8. The zero-order chi connectivity index (χ0) is 25.7. The third kappa shape index (κ3) is 5.99. The molecule has 0 saturated carbocycles. The molecule has 4 aromatic rings. The molecule has 0 aliphatic rings. The van der Waals surface area contributed by atoms with Gasteiger partial charge in [0.05, 0.1) is 31.0 Å². The number of ether oxygens (including phenoxy) is 1. The quantitative estimate of drug-likeness (QED) is 0.301. The number of nitrogens with one attached hydrogen (secondary N) is 2. The van der Waals surface area contributed by atoms with Crippen molar-refractivity contribution in [2.75, 3.05) is 19.0 Å². The number of nitrogens with zero attached hydrogens (tertiary/aromatic N) is 3. The molecule has 3 aromatic carbocycles. The van der Waals surface area contributed by atoms with E-state index in [1.54, 1.807) is 31.4 Å². The highest BCUT2D eigenvalue weighted by Gasteiger charge is 2.30. The topological polar surface area (TPSA) is 84.2 Å². The van der Waals surface area contributed by atoms with Crippen LogP contribution in [0, 0.1) is 0 Å². The molecule has 0 radical (unpaired) electrons. The normalized spacial score (nSPS) is 12.1. The maximum Gasteiger partial charge on any atom is 0.416 e. The van der Waals surface area contributed by atoms with Crippen LogP contribution in [0.5, 0.6) is 5.75 Å². The number of thiocarbonyl (C=S) groups is 1. The van der Waals surface area contributed by atoms with Gasteiger partial charge in [-0.1, -0.05) is 12.1 Å². The second-order valence-corrected chi connectivity index (χ2v) is 8.15. The van der Waals surface area contributed by atoms with Crippen molar-refractivity contribution in [2.24, 2.45) is 0 Å². The Kier molecular flexibility index (Phi) is 7.51. The fraction of sp³-hybridized carbons (Fsp3) is 0.160. The van der Waals surface area contributed by atoms with Crippen LogP contribution in [0.1, 0.15) is 17.2 Å². The minimum absolute atomic E-state index is 0.152. The molecule has 1 aromatic heterocycles. The maximum absolute atomic E-state index is 12.8. The lowest BCUT2D eigenvalue weighted by atomic mass is 10.1. The van der Waals surface area contributed by atoms with E-state index in [9.17, 15) is 18.3 Å². The summed E-state index contributed by atoms with van der Waals surface area (Å²) >= 11 is 5.39. The highest BCUT2D eigenvalue weighted by Crippen LogP contribution is 2.29. The van der Waals surface area contributed by atoms with E-state index >= 15 is 0 Å². The smallest absolute Gasteiger partial charge is 0.416 e. The van der Waals surface area contributed by atoms with Gasteiger partial charge in [0.1, 0.15) is 12.1 Å². The van der Waals surface area contributed by atoms with Gasteiger partial charge in [0.25, 0.3) is 0 Å². The Morgan fingerprint density at radius 2 is 1.69 bits per heavy atom. The Balaban J connectivity index is 1.39. The van der Waals surface area contributed by atoms with Crippen LogP contribution in [0.25, 0.3) is 17.1 Å².